The highest BCUT2D eigenvalue weighted by Gasteiger charge is 2.22. The van der Waals surface area contributed by atoms with Gasteiger partial charge >= 0.3 is 0 Å². The Bertz CT molecular complexity index is 1300. The second-order valence-corrected chi connectivity index (χ2v) is 7.10. The van der Waals surface area contributed by atoms with Gasteiger partial charge in [-0.25, -0.2) is 8.78 Å². The first-order valence-corrected chi connectivity index (χ1v) is 9.38. The van der Waals surface area contributed by atoms with Gasteiger partial charge in [0.1, 0.15) is 5.56 Å². The van der Waals surface area contributed by atoms with Crippen molar-refractivity contribution in [3.05, 3.63) is 106 Å². The van der Waals surface area contributed by atoms with Crippen molar-refractivity contribution in [3.8, 4) is 0 Å². The number of fused-ring (bicyclic) bond motifs is 1. The van der Waals surface area contributed by atoms with Crippen molar-refractivity contribution in [2.75, 3.05) is 5.32 Å². The van der Waals surface area contributed by atoms with Crippen molar-refractivity contribution in [2.45, 2.75) is 13.1 Å². The molecule has 2 N–H and O–H groups in total. The van der Waals surface area contributed by atoms with E-state index < -0.39 is 23.1 Å². The molecule has 0 fully saturated rings. The summed E-state index contributed by atoms with van der Waals surface area (Å²) in [4.78, 5) is 36.9. The van der Waals surface area contributed by atoms with Crippen molar-refractivity contribution in [3.63, 3.8) is 0 Å². The number of aromatic nitrogens is 1. The number of rotatable bonds is 5. The van der Waals surface area contributed by atoms with E-state index >= 15 is 0 Å². The molecule has 0 unspecified atom stereocenters. The lowest BCUT2D eigenvalue weighted by Crippen LogP contribution is -2.32. The average molecular weight is 421 g/mol. The Hall–Kier alpha value is -4.07. The maximum absolute atomic E-state index is 13.4. The van der Waals surface area contributed by atoms with Crippen molar-refractivity contribution in [1.29, 1.82) is 0 Å². The summed E-state index contributed by atoms with van der Waals surface area (Å²) in [5.74, 6) is -2.81. The van der Waals surface area contributed by atoms with Crippen LogP contribution in [0.2, 0.25) is 0 Å². The van der Waals surface area contributed by atoms with Crippen LogP contribution in [0.3, 0.4) is 0 Å². The predicted octanol–water partition coefficient (Wildman–Crippen LogP) is 3.07. The quantitative estimate of drug-likeness (QED) is 0.622. The third kappa shape index (κ3) is 4.00. The maximum atomic E-state index is 13.4. The Morgan fingerprint density at radius 1 is 1.03 bits per heavy atom. The Morgan fingerprint density at radius 2 is 1.81 bits per heavy atom. The van der Waals surface area contributed by atoms with Gasteiger partial charge in [0, 0.05) is 29.6 Å². The lowest BCUT2D eigenvalue weighted by Gasteiger charge is -2.10. The van der Waals surface area contributed by atoms with Crippen molar-refractivity contribution in [1.82, 2.24) is 9.88 Å². The lowest BCUT2D eigenvalue weighted by molar-refractivity contribution is -0.110. The first-order valence-electron chi connectivity index (χ1n) is 9.38. The smallest absolute Gasteiger partial charge is 0.263 e. The molecule has 2 aromatic carbocycles. The van der Waals surface area contributed by atoms with Crippen molar-refractivity contribution >= 4 is 23.1 Å². The van der Waals surface area contributed by atoms with Crippen molar-refractivity contribution < 1.29 is 18.4 Å². The molecule has 0 aliphatic carbocycles. The van der Waals surface area contributed by atoms with Gasteiger partial charge in [0.05, 0.1) is 6.54 Å². The molecule has 0 saturated carbocycles. The highest BCUT2D eigenvalue weighted by molar-refractivity contribution is 6.30. The molecule has 4 rings (SSSR count). The van der Waals surface area contributed by atoms with Gasteiger partial charge in [-0.1, -0.05) is 18.7 Å². The molecular formula is C23H17F2N3O3. The minimum Gasteiger partial charge on any atom is -0.348 e. The standard InChI is InChI=1S/C23H17F2N3O3/c1-13-17-9-14(5-7-20(17)27-21(13)29)11-26-22(30)16-3-2-8-28(23(16)31)12-15-4-6-18(24)19(25)10-15/h2-10H,1,11-12H2,(H,26,30)(H,27,29). The van der Waals surface area contributed by atoms with Crippen LogP contribution in [0.5, 0.6) is 0 Å². The largest absolute Gasteiger partial charge is 0.348 e. The minimum absolute atomic E-state index is 0.00881. The van der Waals surface area contributed by atoms with Crippen LogP contribution >= 0.6 is 0 Å². The van der Waals surface area contributed by atoms with E-state index in [-0.39, 0.29) is 24.6 Å². The number of carbonyl (C=O) groups is 2. The van der Waals surface area contributed by atoms with E-state index in [0.29, 0.717) is 22.4 Å². The number of carbonyl (C=O) groups excluding carboxylic acids is 2. The number of pyridine rings is 1. The molecule has 0 radical (unpaired) electrons. The van der Waals surface area contributed by atoms with E-state index in [1.807, 2.05) is 0 Å². The third-order valence-corrected chi connectivity index (χ3v) is 4.99. The summed E-state index contributed by atoms with van der Waals surface area (Å²) in [6.07, 6.45) is 1.47. The Labute approximate surface area is 175 Å². The van der Waals surface area contributed by atoms with E-state index in [0.717, 1.165) is 17.7 Å². The fourth-order valence-corrected chi connectivity index (χ4v) is 3.33. The van der Waals surface area contributed by atoms with E-state index in [2.05, 4.69) is 17.2 Å². The summed E-state index contributed by atoms with van der Waals surface area (Å²) in [5.41, 5.74) is 2.18. The Kier molecular flexibility index (Phi) is 5.21. The number of hydrogen-bond acceptors (Lipinski definition) is 3. The van der Waals surface area contributed by atoms with Gasteiger partial charge in [-0.05, 0) is 47.5 Å². The molecule has 6 nitrogen and oxygen atoms in total. The Balaban J connectivity index is 1.49. The molecule has 0 bridgehead atoms. The molecule has 156 valence electrons. The fourth-order valence-electron chi connectivity index (χ4n) is 3.33. The van der Waals surface area contributed by atoms with E-state index in [9.17, 15) is 23.2 Å². The summed E-state index contributed by atoms with van der Waals surface area (Å²) in [6.45, 7) is 3.87. The number of anilines is 1. The average Bonchev–Trinajstić information content (AvgIpc) is 3.04. The first-order chi connectivity index (χ1) is 14.8. The first kappa shape index (κ1) is 20.2. The predicted molar refractivity (Wildman–Crippen MR) is 111 cm³/mol. The summed E-state index contributed by atoms with van der Waals surface area (Å²) in [5, 5.41) is 5.38. The van der Waals surface area contributed by atoms with E-state index in [1.54, 1.807) is 18.2 Å². The molecule has 1 aromatic heterocycles. The van der Waals surface area contributed by atoms with E-state index in [4.69, 9.17) is 0 Å². The fraction of sp³-hybridized carbons (Fsp3) is 0.0870. The molecular weight excluding hydrogens is 404 g/mol. The number of nitrogens with zero attached hydrogens (tertiary/aromatic N) is 1. The zero-order valence-corrected chi connectivity index (χ0v) is 16.2. The van der Waals surface area contributed by atoms with Crippen LogP contribution < -0.4 is 16.2 Å². The summed E-state index contributed by atoms with van der Waals surface area (Å²) < 4.78 is 27.8. The molecule has 1 aliphatic rings. The zero-order valence-electron chi connectivity index (χ0n) is 16.2. The molecule has 0 saturated heterocycles. The van der Waals surface area contributed by atoms with Gasteiger partial charge in [-0.15, -0.1) is 0 Å². The molecule has 2 heterocycles. The second kappa shape index (κ2) is 7.98. The molecule has 0 atom stereocenters. The van der Waals surface area contributed by atoms with Crippen LogP contribution in [0, 0.1) is 11.6 Å². The molecule has 1 aliphatic heterocycles. The minimum atomic E-state index is -1.01. The van der Waals surface area contributed by atoms with E-state index in [1.165, 1.54) is 29.0 Å². The van der Waals surface area contributed by atoms with Crippen LogP contribution in [0.15, 0.2) is 66.1 Å². The molecule has 31 heavy (non-hydrogen) atoms. The lowest BCUT2D eigenvalue weighted by atomic mass is 10.1. The zero-order chi connectivity index (χ0) is 22.1. The summed E-state index contributed by atoms with van der Waals surface area (Å²) >= 11 is 0. The third-order valence-electron chi connectivity index (χ3n) is 4.99. The second-order valence-electron chi connectivity index (χ2n) is 7.10. The highest BCUT2D eigenvalue weighted by atomic mass is 19.2. The molecule has 0 spiro atoms. The van der Waals surface area contributed by atoms with Crippen LogP contribution in [-0.2, 0) is 17.9 Å². The van der Waals surface area contributed by atoms with Crippen LogP contribution in [-0.4, -0.2) is 16.4 Å². The number of halogens is 2. The monoisotopic (exact) mass is 421 g/mol. The van der Waals surface area contributed by atoms with Gasteiger partial charge in [-0.2, -0.15) is 0 Å². The molecule has 8 heteroatoms. The number of amides is 2. The summed E-state index contributed by atoms with van der Waals surface area (Å²) in [7, 11) is 0. The maximum Gasteiger partial charge on any atom is 0.263 e. The highest BCUT2D eigenvalue weighted by Crippen LogP contribution is 2.31. The van der Waals surface area contributed by atoms with Gasteiger partial charge in [-0.3, -0.25) is 14.4 Å². The number of nitrogens with one attached hydrogen (secondary N) is 2. The number of hydrogen-bond donors (Lipinski definition) is 2. The van der Waals surface area contributed by atoms with Crippen LogP contribution in [0.1, 0.15) is 27.0 Å². The molecule has 2 amide bonds. The van der Waals surface area contributed by atoms with Gasteiger partial charge in [0.15, 0.2) is 11.6 Å². The van der Waals surface area contributed by atoms with Crippen molar-refractivity contribution in [2.24, 2.45) is 0 Å². The SMILES string of the molecule is C=C1C(=O)Nc2ccc(CNC(=O)c3cccn(Cc4ccc(F)c(F)c4)c3=O)cc21. The normalized spacial score (nSPS) is 12.5. The topological polar surface area (TPSA) is 80.2 Å². The van der Waals surface area contributed by atoms with Gasteiger partial charge in [0.2, 0.25) is 0 Å². The van der Waals surface area contributed by atoms with Gasteiger partial charge < -0.3 is 15.2 Å². The van der Waals surface area contributed by atoms with Crippen LogP contribution in [0.4, 0.5) is 14.5 Å². The summed E-state index contributed by atoms with van der Waals surface area (Å²) in [6, 6.07) is 11.5. The van der Waals surface area contributed by atoms with Gasteiger partial charge in [0.25, 0.3) is 17.4 Å². The number of benzene rings is 2. The molecule has 3 aromatic rings. The Morgan fingerprint density at radius 3 is 2.58 bits per heavy atom. The van der Waals surface area contributed by atoms with Crippen LogP contribution in [0.25, 0.3) is 5.57 Å².